The average molecular weight is 788 g/mol. The Kier molecular flexibility index (Phi) is 13.2. The lowest BCUT2D eigenvalue weighted by Crippen LogP contribution is -2.53. The molecule has 2 aromatic carbocycles. The minimum Gasteiger partial charge on any atom is -0.352 e. The van der Waals surface area contributed by atoms with Gasteiger partial charge in [0.25, 0.3) is 0 Å². The first-order valence-electron chi connectivity index (χ1n) is 20.8. The third kappa shape index (κ3) is 8.78. The Hall–Kier alpha value is -4.65. The number of likely N-dealkylation sites (tertiary alicyclic amines) is 2. The molecule has 11 nitrogen and oxygen atoms in total. The molecule has 57 heavy (non-hydrogen) atoms. The van der Waals surface area contributed by atoms with Crippen molar-refractivity contribution in [3.8, 4) is 11.5 Å². The zero-order chi connectivity index (χ0) is 41.1. The van der Waals surface area contributed by atoms with Crippen LogP contribution >= 0.6 is 0 Å². The van der Waals surface area contributed by atoms with Crippen LogP contribution in [0.5, 0.6) is 0 Å². The van der Waals surface area contributed by atoms with E-state index in [-0.39, 0.29) is 59.9 Å². The molecule has 6 atom stereocenters. The summed E-state index contributed by atoms with van der Waals surface area (Å²) in [6, 6.07) is 7.71. The van der Waals surface area contributed by atoms with Gasteiger partial charge in [0.1, 0.15) is 23.5 Å². The van der Waals surface area contributed by atoms with Gasteiger partial charge >= 0.3 is 0 Å². The van der Waals surface area contributed by atoms with Gasteiger partial charge in [-0.3, -0.25) is 19.2 Å². The minimum absolute atomic E-state index is 0.00262. The van der Waals surface area contributed by atoms with Gasteiger partial charge < -0.3 is 30.0 Å². The summed E-state index contributed by atoms with van der Waals surface area (Å²) in [5, 5.41) is 6.81. The Balaban J connectivity index is 1.38. The van der Waals surface area contributed by atoms with Crippen molar-refractivity contribution >= 4 is 45.4 Å². The lowest BCUT2D eigenvalue weighted by atomic mass is 9.94. The van der Waals surface area contributed by atoms with Gasteiger partial charge in [0, 0.05) is 66.9 Å². The number of hydrogen-bond acceptors (Lipinski definition) is 6. The first-order chi connectivity index (χ1) is 27.3. The normalized spacial score (nSPS) is 19.4. The molecule has 3 N–H and O–H groups in total. The fourth-order valence-electron chi connectivity index (χ4n) is 8.60. The molecule has 2 aliphatic rings. The summed E-state index contributed by atoms with van der Waals surface area (Å²) in [6.07, 6.45) is 4.95. The maximum Gasteiger partial charge on any atom is 0.245 e. The number of amides is 3. The van der Waals surface area contributed by atoms with E-state index in [1.54, 1.807) is 26.1 Å². The Morgan fingerprint density at radius 3 is 2.23 bits per heavy atom. The second-order valence-electron chi connectivity index (χ2n) is 16.5. The van der Waals surface area contributed by atoms with Gasteiger partial charge in [-0.25, -0.2) is 13.8 Å². The zero-order valence-corrected chi connectivity index (χ0v) is 34.5. The number of aromatic amines is 1. The van der Waals surface area contributed by atoms with E-state index in [9.17, 15) is 28.0 Å². The van der Waals surface area contributed by atoms with Crippen LogP contribution in [-0.4, -0.2) is 92.1 Å². The fraction of sp³-hybridized carbons (Fsp3) is 0.568. The Bertz CT molecular complexity index is 2110. The number of nitrogens with zero attached hydrogens (tertiary/aromatic N) is 4. The number of H-pyrrole nitrogens is 1. The predicted molar refractivity (Wildman–Crippen MR) is 218 cm³/mol. The maximum atomic E-state index is 14.8. The van der Waals surface area contributed by atoms with Crippen molar-refractivity contribution in [2.75, 3.05) is 20.1 Å². The molecule has 4 heterocycles. The summed E-state index contributed by atoms with van der Waals surface area (Å²) >= 11 is 0. The van der Waals surface area contributed by atoms with Crippen molar-refractivity contribution in [3.63, 3.8) is 0 Å². The molecule has 0 unspecified atom stereocenters. The molecule has 2 fully saturated rings. The number of carbonyl (C=O) groups excluding carboxylic acids is 4. The number of rotatable bonds is 16. The Morgan fingerprint density at radius 1 is 0.895 bits per heavy atom. The van der Waals surface area contributed by atoms with Gasteiger partial charge in [-0.2, -0.15) is 0 Å². The van der Waals surface area contributed by atoms with Crippen LogP contribution < -0.4 is 10.6 Å². The molecule has 308 valence electrons. The summed E-state index contributed by atoms with van der Waals surface area (Å²) < 4.78 is 31.6. The number of hydrogen-bond donors (Lipinski definition) is 3. The molecule has 2 aliphatic heterocycles. The third-order valence-electron chi connectivity index (χ3n) is 12.5. The van der Waals surface area contributed by atoms with Crippen molar-refractivity contribution < 1.29 is 28.0 Å². The summed E-state index contributed by atoms with van der Waals surface area (Å²) in [5.41, 5.74) is 3.23. The highest BCUT2D eigenvalue weighted by Gasteiger charge is 2.38. The molecular weight excluding hydrogens is 729 g/mol. The van der Waals surface area contributed by atoms with Gasteiger partial charge in [0.2, 0.25) is 17.7 Å². The number of imidazole rings is 1. The summed E-state index contributed by atoms with van der Waals surface area (Å²) in [6.45, 7) is 12.9. The van der Waals surface area contributed by atoms with Crippen LogP contribution in [0, 0.1) is 29.4 Å². The van der Waals surface area contributed by atoms with E-state index < -0.39 is 23.6 Å². The number of nitrogens with one attached hydrogen (secondary N) is 3. The fourth-order valence-corrected chi connectivity index (χ4v) is 8.60. The van der Waals surface area contributed by atoms with Crippen LogP contribution in [0.2, 0.25) is 0 Å². The van der Waals surface area contributed by atoms with E-state index in [0.29, 0.717) is 67.0 Å². The molecule has 3 amide bonds. The second-order valence-corrected chi connectivity index (χ2v) is 16.5. The van der Waals surface area contributed by atoms with E-state index in [1.165, 1.54) is 24.3 Å². The third-order valence-corrected chi connectivity index (χ3v) is 12.5. The monoisotopic (exact) mass is 787 g/mol. The van der Waals surface area contributed by atoms with Crippen molar-refractivity contribution in [1.82, 2.24) is 35.0 Å². The molecule has 0 aliphatic carbocycles. The standard InChI is InChI=1S/C44H59F2N7O4/c1-8-26(5)42(55)50-39(25(3)4)44(57)52-19-11-13-32(52)24-53-37-17-15-30(46)22-36(37)49-41(53)40-34(33-16-14-29(45)21-35(33)48-40)23-31-12-10-18-51(31)43(56)28(9-2)20-38(54)27(6)47-7/h14-17,21-22,25-28,31-32,39,47-48H,8-13,18-20,23-24H2,1-7H3,(H,50,55)/t26-,27+,28-,31+,32+,39+/m1/s1. The van der Waals surface area contributed by atoms with Crippen molar-refractivity contribution in [3.05, 3.63) is 53.6 Å². The molecule has 2 saturated heterocycles. The largest absolute Gasteiger partial charge is 0.352 e. The number of carbonyl (C=O) groups is 4. The van der Waals surface area contributed by atoms with Crippen molar-refractivity contribution in [2.45, 2.75) is 124 Å². The van der Waals surface area contributed by atoms with Gasteiger partial charge in [-0.1, -0.05) is 34.6 Å². The van der Waals surface area contributed by atoms with Crippen molar-refractivity contribution in [2.24, 2.45) is 17.8 Å². The number of ketones is 1. The molecule has 6 rings (SSSR count). The van der Waals surface area contributed by atoms with Gasteiger partial charge in [0.05, 0.1) is 22.8 Å². The maximum absolute atomic E-state index is 14.8. The van der Waals surface area contributed by atoms with Crippen LogP contribution in [-0.2, 0) is 32.1 Å². The predicted octanol–water partition coefficient (Wildman–Crippen LogP) is 6.77. The van der Waals surface area contributed by atoms with Crippen LogP contribution in [0.15, 0.2) is 36.4 Å². The van der Waals surface area contributed by atoms with E-state index in [0.717, 1.165) is 36.6 Å². The second kappa shape index (κ2) is 17.9. The lowest BCUT2D eigenvalue weighted by Gasteiger charge is -2.32. The quantitative estimate of drug-likeness (QED) is 0.115. The number of likely N-dealkylation sites (N-methyl/N-ethyl adjacent to an activating group) is 1. The Labute approximate surface area is 334 Å². The summed E-state index contributed by atoms with van der Waals surface area (Å²) in [7, 11) is 1.74. The number of Topliss-reactive ketones (excluding diaryl/α,β-unsaturated/α-hetero) is 1. The van der Waals surface area contributed by atoms with Gasteiger partial charge in [0.15, 0.2) is 5.82 Å². The smallest absolute Gasteiger partial charge is 0.245 e. The SMILES string of the molecule is CC[C@H](CC(=O)[C@H](C)NC)C(=O)N1CCC[C@H]1Cc1c(-c2nc3cc(F)ccc3n2C[C@@H]2CCCN2C(=O)[C@@H](NC(=O)[C@H](C)CC)C(C)C)[nH]c2cc(F)ccc12. The average Bonchev–Trinajstić information content (AvgIpc) is 4.00. The molecular formula is C44H59F2N7O4. The molecule has 0 bridgehead atoms. The summed E-state index contributed by atoms with van der Waals surface area (Å²) in [4.78, 5) is 66.4. The van der Waals surface area contributed by atoms with Gasteiger partial charge in [-0.15, -0.1) is 0 Å². The van der Waals surface area contributed by atoms with E-state index in [2.05, 4.69) is 15.6 Å². The topological polar surface area (TPSA) is 132 Å². The molecule has 0 saturated carbocycles. The van der Waals surface area contributed by atoms with Crippen LogP contribution in [0.4, 0.5) is 8.78 Å². The number of benzene rings is 2. The number of halogens is 2. The van der Waals surface area contributed by atoms with Crippen LogP contribution in [0.25, 0.3) is 33.5 Å². The van der Waals surface area contributed by atoms with Crippen LogP contribution in [0.3, 0.4) is 0 Å². The summed E-state index contributed by atoms with van der Waals surface area (Å²) in [5.74, 6) is -1.37. The molecule has 0 spiro atoms. The minimum atomic E-state index is -0.676. The van der Waals surface area contributed by atoms with E-state index in [1.807, 2.05) is 49.0 Å². The van der Waals surface area contributed by atoms with Crippen LogP contribution in [0.1, 0.15) is 92.1 Å². The highest BCUT2D eigenvalue weighted by Crippen LogP contribution is 2.37. The van der Waals surface area contributed by atoms with Gasteiger partial charge in [-0.05, 0) is 101 Å². The van der Waals surface area contributed by atoms with Crippen molar-refractivity contribution in [1.29, 1.82) is 0 Å². The Morgan fingerprint density at radius 2 is 1.56 bits per heavy atom. The highest BCUT2D eigenvalue weighted by molar-refractivity contribution is 5.93. The van der Waals surface area contributed by atoms with E-state index >= 15 is 0 Å². The lowest BCUT2D eigenvalue weighted by molar-refractivity contribution is -0.139. The van der Waals surface area contributed by atoms with E-state index in [4.69, 9.17) is 4.98 Å². The first kappa shape index (κ1) is 42.0. The number of fused-ring (bicyclic) bond motifs is 2. The molecule has 0 radical (unpaired) electrons. The first-order valence-corrected chi connectivity index (χ1v) is 20.8. The molecule has 4 aromatic rings. The zero-order valence-electron chi connectivity index (χ0n) is 34.5. The molecule has 2 aromatic heterocycles. The highest BCUT2D eigenvalue weighted by atomic mass is 19.1. The number of aromatic nitrogens is 3. The molecule has 13 heteroatoms.